The lowest BCUT2D eigenvalue weighted by molar-refractivity contribution is 0.104. The van der Waals surface area contributed by atoms with E-state index in [1.165, 1.54) is 31.5 Å². The number of aryl methyl sites for hydroxylation is 1. The van der Waals surface area contributed by atoms with Gasteiger partial charge in [0, 0.05) is 19.2 Å². The number of ether oxygens (including phenoxy) is 1. The molecule has 18 heavy (non-hydrogen) atoms. The SMILES string of the molecule is CCCn1cncc1COCCC1CCCCN1. The summed E-state index contributed by atoms with van der Waals surface area (Å²) in [7, 11) is 0. The molecule has 1 aliphatic rings. The van der Waals surface area contributed by atoms with E-state index in [0.29, 0.717) is 12.6 Å². The van der Waals surface area contributed by atoms with Crippen LogP contribution in [0.1, 0.15) is 44.7 Å². The third-order valence-electron chi connectivity index (χ3n) is 3.54. The van der Waals surface area contributed by atoms with Gasteiger partial charge in [0.15, 0.2) is 0 Å². The van der Waals surface area contributed by atoms with Gasteiger partial charge < -0.3 is 14.6 Å². The number of aromatic nitrogens is 2. The second-order valence-electron chi connectivity index (χ2n) is 5.07. The Hall–Kier alpha value is -0.870. The van der Waals surface area contributed by atoms with Crippen LogP contribution in [-0.2, 0) is 17.9 Å². The maximum Gasteiger partial charge on any atom is 0.0948 e. The summed E-state index contributed by atoms with van der Waals surface area (Å²) in [4.78, 5) is 4.18. The van der Waals surface area contributed by atoms with Gasteiger partial charge in [0.25, 0.3) is 0 Å². The smallest absolute Gasteiger partial charge is 0.0948 e. The van der Waals surface area contributed by atoms with Gasteiger partial charge in [0.1, 0.15) is 0 Å². The summed E-state index contributed by atoms with van der Waals surface area (Å²) in [5.74, 6) is 0. The zero-order valence-corrected chi connectivity index (χ0v) is 11.4. The molecule has 2 heterocycles. The fourth-order valence-corrected chi connectivity index (χ4v) is 2.48. The monoisotopic (exact) mass is 251 g/mol. The van der Waals surface area contributed by atoms with E-state index in [0.717, 1.165) is 26.0 Å². The first kappa shape index (κ1) is 13.6. The van der Waals surface area contributed by atoms with Crippen LogP contribution in [-0.4, -0.2) is 28.7 Å². The van der Waals surface area contributed by atoms with Crippen molar-refractivity contribution in [2.24, 2.45) is 0 Å². The van der Waals surface area contributed by atoms with Crippen molar-refractivity contribution >= 4 is 0 Å². The molecule has 0 spiro atoms. The standard InChI is InChI=1S/C14H25N3O/c1-2-8-17-12-15-10-14(17)11-18-9-6-13-5-3-4-7-16-13/h10,12-13,16H,2-9,11H2,1H3. The number of nitrogens with zero attached hydrogens (tertiary/aromatic N) is 2. The Morgan fingerprint density at radius 3 is 3.22 bits per heavy atom. The Labute approximate surface area is 110 Å². The van der Waals surface area contributed by atoms with Gasteiger partial charge in [-0.25, -0.2) is 4.98 Å². The zero-order valence-electron chi connectivity index (χ0n) is 11.4. The lowest BCUT2D eigenvalue weighted by Crippen LogP contribution is -2.34. The van der Waals surface area contributed by atoms with Crippen LogP contribution in [0.25, 0.3) is 0 Å². The van der Waals surface area contributed by atoms with Crippen LogP contribution in [0.15, 0.2) is 12.5 Å². The molecule has 0 saturated carbocycles. The number of hydrogen-bond donors (Lipinski definition) is 1. The summed E-state index contributed by atoms with van der Waals surface area (Å²) in [6.07, 6.45) is 10.1. The maximum atomic E-state index is 5.77. The van der Waals surface area contributed by atoms with Crippen LogP contribution in [0, 0.1) is 0 Å². The maximum absolute atomic E-state index is 5.77. The summed E-state index contributed by atoms with van der Waals surface area (Å²) in [6, 6.07) is 0.666. The Balaban J connectivity index is 1.63. The van der Waals surface area contributed by atoms with Crippen molar-refractivity contribution in [1.82, 2.24) is 14.9 Å². The van der Waals surface area contributed by atoms with Crippen LogP contribution in [0.4, 0.5) is 0 Å². The van der Waals surface area contributed by atoms with Gasteiger partial charge in [-0.15, -0.1) is 0 Å². The van der Waals surface area contributed by atoms with E-state index in [9.17, 15) is 0 Å². The Morgan fingerprint density at radius 1 is 1.50 bits per heavy atom. The summed E-state index contributed by atoms with van der Waals surface area (Å²) in [5, 5.41) is 3.55. The average Bonchev–Trinajstić information content (AvgIpc) is 2.84. The van der Waals surface area contributed by atoms with Crippen molar-refractivity contribution in [1.29, 1.82) is 0 Å². The molecule has 0 amide bonds. The molecule has 1 N–H and O–H groups in total. The summed E-state index contributed by atoms with van der Waals surface area (Å²) < 4.78 is 7.95. The first-order valence-corrected chi connectivity index (χ1v) is 7.20. The van der Waals surface area contributed by atoms with Crippen molar-refractivity contribution in [2.45, 2.75) is 58.2 Å². The molecule has 1 atom stereocenters. The predicted molar refractivity (Wildman–Crippen MR) is 72.4 cm³/mol. The molecule has 0 bridgehead atoms. The minimum Gasteiger partial charge on any atom is -0.375 e. The van der Waals surface area contributed by atoms with E-state index >= 15 is 0 Å². The second-order valence-corrected chi connectivity index (χ2v) is 5.07. The lowest BCUT2D eigenvalue weighted by atomic mass is 10.0. The molecule has 1 saturated heterocycles. The number of rotatable bonds is 7. The summed E-state index contributed by atoms with van der Waals surface area (Å²) in [5.41, 5.74) is 1.19. The highest BCUT2D eigenvalue weighted by molar-refractivity contribution is 4.96. The number of piperidine rings is 1. The minimum absolute atomic E-state index is 0.666. The normalized spacial score (nSPS) is 20.2. The molecular weight excluding hydrogens is 226 g/mol. The van der Waals surface area contributed by atoms with Crippen LogP contribution < -0.4 is 5.32 Å². The van der Waals surface area contributed by atoms with Crippen molar-refractivity contribution in [2.75, 3.05) is 13.2 Å². The van der Waals surface area contributed by atoms with E-state index in [1.807, 2.05) is 12.5 Å². The predicted octanol–water partition coefficient (Wildman–Crippen LogP) is 2.34. The quantitative estimate of drug-likeness (QED) is 0.756. The molecule has 4 heteroatoms. The van der Waals surface area contributed by atoms with Crippen LogP contribution in [0.3, 0.4) is 0 Å². The van der Waals surface area contributed by atoms with E-state index in [2.05, 4.69) is 21.8 Å². The van der Waals surface area contributed by atoms with Crippen LogP contribution in [0.2, 0.25) is 0 Å². The number of hydrogen-bond acceptors (Lipinski definition) is 3. The van der Waals surface area contributed by atoms with Gasteiger partial charge >= 0.3 is 0 Å². The molecule has 4 nitrogen and oxygen atoms in total. The molecule has 1 fully saturated rings. The highest BCUT2D eigenvalue weighted by Crippen LogP contribution is 2.10. The van der Waals surface area contributed by atoms with Crippen LogP contribution in [0.5, 0.6) is 0 Å². The largest absolute Gasteiger partial charge is 0.375 e. The Kier molecular flexibility index (Phi) is 5.68. The molecule has 102 valence electrons. The molecule has 0 aromatic carbocycles. The van der Waals surface area contributed by atoms with Crippen molar-refractivity contribution in [3.8, 4) is 0 Å². The van der Waals surface area contributed by atoms with Gasteiger partial charge in [-0.2, -0.15) is 0 Å². The summed E-state index contributed by atoms with van der Waals surface area (Å²) in [6.45, 7) is 5.91. The van der Waals surface area contributed by atoms with Gasteiger partial charge in [-0.1, -0.05) is 13.3 Å². The first-order chi connectivity index (χ1) is 8.90. The van der Waals surface area contributed by atoms with E-state index in [-0.39, 0.29) is 0 Å². The van der Waals surface area contributed by atoms with Crippen LogP contribution >= 0.6 is 0 Å². The van der Waals surface area contributed by atoms with Gasteiger partial charge in [-0.3, -0.25) is 0 Å². The van der Waals surface area contributed by atoms with Gasteiger partial charge in [0.2, 0.25) is 0 Å². The molecule has 1 unspecified atom stereocenters. The second kappa shape index (κ2) is 7.54. The topological polar surface area (TPSA) is 39.1 Å². The third kappa shape index (κ3) is 4.10. The van der Waals surface area contributed by atoms with E-state index in [1.54, 1.807) is 0 Å². The Morgan fingerprint density at radius 2 is 2.44 bits per heavy atom. The fourth-order valence-electron chi connectivity index (χ4n) is 2.48. The highest BCUT2D eigenvalue weighted by atomic mass is 16.5. The highest BCUT2D eigenvalue weighted by Gasteiger charge is 2.11. The minimum atomic E-state index is 0.666. The van der Waals surface area contributed by atoms with E-state index in [4.69, 9.17) is 4.74 Å². The molecule has 2 rings (SSSR count). The number of nitrogens with one attached hydrogen (secondary N) is 1. The summed E-state index contributed by atoms with van der Waals surface area (Å²) >= 11 is 0. The van der Waals surface area contributed by atoms with Gasteiger partial charge in [-0.05, 0) is 32.2 Å². The van der Waals surface area contributed by atoms with Crippen molar-refractivity contribution in [3.63, 3.8) is 0 Å². The molecule has 1 aliphatic heterocycles. The molecular formula is C14H25N3O. The Bertz CT molecular complexity index is 332. The molecule has 1 aromatic rings. The molecule has 0 aliphatic carbocycles. The average molecular weight is 251 g/mol. The molecule has 1 aromatic heterocycles. The fraction of sp³-hybridized carbons (Fsp3) is 0.786. The van der Waals surface area contributed by atoms with E-state index < -0.39 is 0 Å². The third-order valence-corrected chi connectivity index (χ3v) is 3.54. The lowest BCUT2D eigenvalue weighted by Gasteiger charge is -2.23. The van der Waals surface area contributed by atoms with Crippen molar-refractivity contribution in [3.05, 3.63) is 18.2 Å². The molecule has 0 radical (unpaired) electrons. The zero-order chi connectivity index (χ0) is 12.6. The number of imidazole rings is 1. The van der Waals surface area contributed by atoms with Gasteiger partial charge in [0.05, 0.1) is 24.8 Å². The first-order valence-electron chi connectivity index (χ1n) is 7.20. The van der Waals surface area contributed by atoms with Crippen molar-refractivity contribution < 1.29 is 4.74 Å².